The van der Waals surface area contributed by atoms with Gasteiger partial charge in [-0.3, -0.25) is 24.0 Å². The number of hydrogen-bond donors (Lipinski definition) is 2. The fraction of sp³-hybridized carbons (Fsp3) is 0.583. The highest BCUT2D eigenvalue weighted by atomic mass is 19.4. The molecule has 1 saturated carbocycles. The van der Waals surface area contributed by atoms with Gasteiger partial charge in [0.05, 0.1) is 18.3 Å². The predicted octanol–water partition coefficient (Wildman–Crippen LogP) is 2.36. The summed E-state index contributed by atoms with van der Waals surface area (Å²) in [5.41, 5.74) is -0.355. The Bertz CT molecular complexity index is 1350. The van der Waals surface area contributed by atoms with Gasteiger partial charge in [-0.1, -0.05) is 18.9 Å². The summed E-state index contributed by atoms with van der Waals surface area (Å²) in [7, 11) is 0. The van der Waals surface area contributed by atoms with Crippen molar-refractivity contribution in [1.82, 2.24) is 24.2 Å². The van der Waals surface area contributed by atoms with Gasteiger partial charge in [0.25, 0.3) is 0 Å². The minimum atomic E-state index is -5.08. The normalized spacial score (nSPS) is 20.7. The molecule has 1 spiro atoms. The molecule has 0 bridgehead atoms. The second-order valence-corrected chi connectivity index (χ2v) is 9.85. The number of fused-ring (bicyclic) bond motifs is 1. The fourth-order valence-corrected chi connectivity index (χ4v) is 4.80. The molecule has 0 amide bonds. The van der Waals surface area contributed by atoms with Gasteiger partial charge in [0, 0.05) is 25.8 Å². The zero-order valence-corrected chi connectivity index (χ0v) is 21.9. The standard InChI is InChI=1S/C20H25N5O3.2C2HF3O2/c26-18-19(27)25(16-6-1-2-7-16)22-17-12-28-20(14-24(17)18)8-10-23(13-20)11-15-5-3-4-9-21-15;2*3-2(4,5)1(6)7/h3-5,9,16H,1-2,6-8,10-14H2;2*(H,6,7). The molecule has 232 valence electrons. The summed E-state index contributed by atoms with van der Waals surface area (Å²) in [6.45, 7) is 3.04. The lowest BCUT2D eigenvalue weighted by atomic mass is 10.0. The van der Waals surface area contributed by atoms with E-state index in [0.717, 1.165) is 57.4 Å². The van der Waals surface area contributed by atoms with Crippen LogP contribution in [-0.2, 0) is 34.0 Å². The molecule has 1 atom stereocenters. The first-order valence-electron chi connectivity index (χ1n) is 12.6. The third-order valence-electron chi connectivity index (χ3n) is 6.79. The number of ether oxygens (including phenoxy) is 1. The van der Waals surface area contributed by atoms with E-state index >= 15 is 0 Å². The van der Waals surface area contributed by atoms with Gasteiger partial charge < -0.3 is 14.9 Å². The number of rotatable bonds is 3. The number of hydrogen-bond acceptors (Lipinski definition) is 8. The molecule has 1 aliphatic carbocycles. The zero-order valence-electron chi connectivity index (χ0n) is 21.9. The molecule has 2 aromatic heterocycles. The Kier molecular flexibility index (Phi) is 10.1. The first-order valence-corrected chi connectivity index (χ1v) is 12.6. The number of carboxylic acid groups (broad SMARTS) is 2. The van der Waals surface area contributed by atoms with Gasteiger partial charge >= 0.3 is 35.4 Å². The number of aliphatic carboxylic acids is 2. The van der Waals surface area contributed by atoms with Crippen molar-refractivity contribution in [3.63, 3.8) is 0 Å². The molecule has 3 aliphatic rings. The van der Waals surface area contributed by atoms with Crippen LogP contribution in [0.5, 0.6) is 0 Å². The van der Waals surface area contributed by atoms with E-state index in [1.807, 2.05) is 18.2 Å². The van der Waals surface area contributed by atoms with Crippen LogP contribution >= 0.6 is 0 Å². The van der Waals surface area contributed by atoms with Gasteiger partial charge in [0.1, 0.15) is 12.2 Å². The van der Waals surface area contributed by atoms with Crippen LogP contribution in [0.15, 0.2) is 34.0 Å². The average Bonchev–Trinajstić information content (AvgIpc) is 3.58. The lowest BCUT2D eigenvalue weighted by Crippen LogP contribution is -2.53. The van der Waals surface area contributed by atoms with E-state index in [1.165, 1.54) is 4.68 Å². The van der Waals surface area contributed by atoms with Gasteiger partial charge in [-0.2, -0.15) is 31.4 Å². The monoisotopic (exact) mass is 611 g/mol. The second kappa shape index (κ2) is 13.0. The van der Waals surface area contributed by atoms with Gasteiger partial charge in [-0.05, 0) is 31.4 Å². The van der Waals surface area contributed by atoms with Crippen LogP contribution in [0.4, 0.5) is 26.3 Å². The molecular weight excluding hydrogens is 584 g/mol. The van der Waals surface area contributed by atoms with Crippen LogP contribution in [-0.4, -0.2) is 77.4 Å². The van der Waals surface area contributed by atoms with Crippen molar-refractivity contribution >= 4 is 11.9 Å². The number of pyridine rings is 1. The molecule has 4 heterocycles. The molecule has 12 nitrogen and oxygen atoms in total. The Morgan fingerprint density at radius 2 is 1.57 bits per heavy atom. The summed E-state index contributed by atoms with van der Waals surface area (Å²) in [5, 5.41) is 18.8. The molecule has 1 saturated heterocycles. The number of nitrogens with zero attached hydrogens (tertiary/aromatic N) is 5. The van der Waals surface area contributed by atoms with Gasteiger partial charge in [-0.15, -0.1) is 0 Å². The van der Waals surface area contributed by atoms with E-state index in [1.54, 1.807) is 10.8 Å². The molecule has 0 radical (unpaired) electrons. The van der Waals surface area contributed by atoms with Gasteiger partial charge in [0.2, 0.25) is 0 Å². The summed E-state index contributed by atoms with van der Waals surface area (Å²) < 4.78 is 72.7. The predicted molar refractivity (Wildman–Crippen MR) is 129 cm³/mol. The Labute approximate surface area is 233 Å². The molecule has 1 unspecified atom stereocenters. The molecule has 2 aliphatic heterocycles. The van der Waals surface area contributed by atoms with Crippen molar-refractivity contribution in [2.75, 3.05) is 13.1 Å². The number of aromatic nitrogens is 4. The van der Waals surface area contributed by atoms with Crippen LogP contribution in [0, 0.1) is 0 Å². The summed E-state index contributed by atoms with van der Waals surface area (Å²) in [5.74, 6) is -4.94. The van der Waals surface area contributed by atoms with E-state index in [0.29, 0.717) is 12.4 Å². The first kappa shape index (κ1) is 32.7. The smallest absolute Gasteiger partial charge is 0.475 e. The molecule has 42 heavy (non-hydrogen) atoms. The highest BCUT2D eigenvalue weighted by Crippen LogP contribution is 2.32. The van der Waals surface area contributed by atoms with Crippen molar-refractivity contribution in [2.45, 2.75) is 75.8 Å². The quantitative estimate of drug-likeness (QED) is 0.390. The molecule has 2 fully saturated rings. The summed E-state index contributed by atoms with van der Waals surface area (Å²) in [6.07, 6.45) is -3.52. The summed E-state index contributed by atoms with van der Waals surface area (Å²) in [4.78, 5) is 49.9. The van der Waals surface area contributed by atoms with Crippen LogP contribution in [0.1, 0.15) is 49.7 Å². The third kappa shape index (κ3) is 8.37. The first-order chi connectivity index (χ1) is 19.5. The Balaban J connectivity index is 0.000000289. The van der Waals surface area contributed by atoms with Gasteiger partial charge in [0.15, 0.2) is 5.82 Å². The Morgan fingerprint density at radius 1 is 0.976 bits per heavy atom. The lowest BCUT2D eigenvalue weighted by molar-refractivity contribution is -0.193. The minimum Gasteiger partial charge on any atom is -0.475 e. The maximum atomic E-state index is 12.8. The highest BCUT2D eigenvalue weighted by Gasteiger charge is 2.43. The molecule has 2 N–H and O–H groups in total. The SMILES string of the molecule is O=C(O)C(F)(F)F.O=C(O)C(F)(F)F.O=c1c(=O)n2c(nn1C1CCCC1)COC1(CCN(Cc3ccccn3)C1)C2. The Hall–Kier alpha value is -3.80. The molecule has 5 rings (SSSR count). The zero-order chi connectivity index (χ0) is 31.3. The van der Waals surface area contributed by atoms with Crippen LogP contribution in [0.2, 0.25) is 0 Å². The van der Waals surface area contributed by atoms with Crippen molar-refractivity contribution in [3.8, 4) is 0 Å². The van der Waals surface area contributed by atoms with E-state index in [9.17, 15) is 35.9 Å². The molecule has 2 aromatic rings. The molecular formula is C24H27F6N5O7. The fourth-order valence-electron chi connectivity index (χ4n) is 4.80. The second-order valence-electron chi connectivity index (χ2n) is 9.85. The van der Waals surface area contributed by atoms with Crippen LogP contribution in [0.25, 0.3) is 0 Å². The largest absolute Gasteiger partial charge is 0.490 e. The lowest BCUT2D eigenvalue weighted by Gasteiger charge is -2.35. The molecule has 0 aromatic carbocycles. The number of alkyl halides is 6. The number of likely N-dealkylation sites (tertiary alicyclic amines) is 1. The molecule has 18 heteroatoms. The maximum Gasteiger partial charge on any atom is 0.490 e. The third-order valence-corrected chi connectivity index (χ3v) is 6.79. The minimum absolute atomic E-state index is 0.0577. The van der Waals surface area contributed by atoms with Crippen molar-refractivity contribution in [3.05, 3.63) is 56.6 Å². The summed E-state index contributed by atoms with van der Waals surface area (Å²) in [6, 6.07) is 5.97. The van der Waals surface area contributed by atoms with Crippen molar-refractivity contribution in [2.24, 2.45) is 0 Å². The van der Waals surface area contributed by atoms with E-state index in [-0.39, 0.29) is 12.6 Å². The van der Waals surface area contributed by atoms with E-state index < -0.39 is 41.0 Å². The number of carboxylic acids is 2. The maximum absolute atomic E-state index is 12.8. The van der Waals surface area contributed by atoms with E-state index in [2.05, 4.69) is 15.0 Å². The number of halogens is 6. The van der Waals surface area contributed by atoms with Crippen molar-refractivity contribution in [1.29, 1.82) is 0 Å². The van der Waals surface area contributed by atoms with E-state index in [4.69, 9.17) is 24.5 Å². The number of carbonyl (C=O) groups is 2. The average molecular weight is 611 g/mol. The van der Waals surface area contributed by atoms with Crippen LogP contribution in [0.3, 0.4) is 0 Å². The van der Waals surface area contributed by atoms with Crippen LogP contribution < -0.4 is 11.1 Å². The highest BCUT2D eigenvalue weighted by molar-refractivity contribution is 5.73. The van der Waals surface area contributed by atoms with Gasteiger partial charge in [-0.25, -0.2) is 14.3 Å². The summed E-state index contributed by atoms with van der Waals surface area (Å²) >= 11 is 0. The van der Waals surface area contributed by atoms with Crippen molar-refractivity contribution < 1.29 is 50.9 Å². The topological polar surface area (TPSA) is 157 Å². The Morgan fingerprint density at radius 3 is 2.10 bits per heavy atom.